The summed E-state index contributed by atoms with van der Waals surface area (Å²) < 4.78 is 19.7. The van der Waals surface area contributed by atoms with Gasteiger partial charge in [0.05, 0.1) is 12.8 Å². The van der Waals surface area contributed by atoms with E-state index in [9.17, 15) is 9.18 Å². The zero-order valence-corrected chi connectivity index (χ0v) is 19.2. The number of aromatic nitrogens is 1. The Balaban J connectivity index is 1.91. The molecule has 4 rings (SSSR count). The molecule has 1 aliphatic heterocycles. The van der Waals surface area contributed by atoms with Gasteiger partial charge in [-0.15, -0.1) is 0 Å². The predicted molar refractivity (Wildman–Crippen MR) is 132 cm³/mol. The number of methoxy groups -OCH3 is 1. The first-order valence-corrected chi connectivity index (χ1v) is 11.0. The third-order valence-electron chi connectivity index (χ3n) is 5.84. The van der Waals surface area contributed by atoms with Crippen LogP contribution in [0.3, 0.4) is 0 Å². The molecule has 0 fully saturated rings. The molecule has 7 heteroatoms. The van der Waals surface area contributed by atoms with E-state index < -0.39 is 12.3 Å². The van der Waals surface area contributed by atoms with Gasteiger partial charge in [-0.2, -0.15) is 0 Å². The summed E-state index contributed by atoms with van der Waals surface area (Å²) in [6, 6.07) is 15.3. The molecule has 0 radical (unpaired) electrons. The number of ether oxygens (including phenoxy) is 1. The molecular formula is C27H26FN3O3. The van der Waals surface area contributed by atoms with Crippen LogP contribution >= 0.6 is 0 Å². The van der Waals surface area contributed by atoms with Crippen LogP contribution in [0.25, 0.3) is 17.2 Å². The Morgan fingerprint density at radius 3 is 2.56 bits per heavy atom. The van der Waals surface area contributed by atoms with Crippen molar-refractivity contribution < 1.29 is 19.0 Å². The summed E-state index contributed by atoms with van der Waals surface area (Å²) in [5.41, 5.74) is 13.4. The van der Waals surface area contributed by atoms with Crippen LogP contribution in [0.15, 0.2) is 60.8 Å². The Bertz CT molecular complexity index is 1280. The van der Waals surface area contributed by atoms with Crippen molar-refractivity contribution in [2.24, 2.45) is 0 Å². The third-order valence-corrected chi connectivity index (χ3v) is 5.84. The maximum Gasteiger partial charge on any atom is 0.328 e. The first-order valence-electron chi connectivity index (χ1n) is 11.0. The molecule has 2 aromatic carbocycles. The molecule has 3 N–H and O–H groups in total. The number of fused-ring (bicyclic) bond motifs is 1. The van der Waals surface area contributed by atoms with Crippen LogP contribution in [0.2, 0.25) is 0 Å². The average Bonchev–Trinajstić information content (AvgIpc) is 3.22. The lowest BCUT2D eigenvalue weighted by molar-refractivity contribution is -0.131. The molecule has 1 unspecified atom stereocenters. The minimum absolute atomic E-state index is 0.544. The minimum Gasteiger partial charge on any atom is -0.481 e. The van der Waals surface area contributed by atoms with Crippen molar-refractivity contribution in [2.45, 2.75) is 26.6 Å². The third kappa shape index (κ3) is 4.70. The largest absolute Gasteiger partial charge is 0.481 e. The molecule has 0 amide bonds. The topological polar surface area (TPSA) is 83.5 Å². The number of rotatable bonds is 7. The monoisotopic (exact) mass is 459 g/mol. The highest BCUT2D eigenvalue weighted by Gasteiger charge is 2.23. The van der Waals surface area contributed by atoms with E-state index in [1.807, 2.05) is 61.7 Å². The number of halogens is 1. The normalized spacial score (nSPS) is 15.6. The molecule has 6 nitrogen and oxygen atoms in total. The summed E-state index contributed by atoms with van der Waals surface area (Å²) in [6.45, 7) is 4.10. The highest BCUT2D eigenvalue weighted by molar-refractivity contribution is 5.99. The highest BCUT2D eigenvalue weighted by atomic mass is 19.1. The van der Waals surface area contributed by atoms with Crippen LogP contribution in [0.4, 0.5) is 10.1 Å². The Kier molecular flexibility index (Phi) is 6.75. The number of pyridine rings is 1. The van der Waals surface area contributed by atoms with Gasteiger partial charge in [-0.1, -0.05) is 37.3 Å². The Morgan fingerprint density at radius 1 is 1.18 bits per heavy atom. The van der Waals surface area contributed by atoms with Crippen LogP contribution in [0.1, 0.15) is 53.0 Å². The number of hydrazine groups is 1. The maximum atomic E-state index is 14.4. The highest BCUT2D eigenvalue weighted by Crippen LogP contribution is 2.39. The molecule has 0 saturated carbocycles. The number of aliphatic carboxylic acids is 1. The zero-order valence-electron chi connectivity index (χ0n) is 19.2. The summed E-state index contributed by atoms with van der Waals surface area (Å²) in [7, 11) is 1.59. The van der Waals surface area contributed by atoms with E-state index >= 15 is 0 Å². The standard InChI is InChI=1S/C27H26FN3O3/c1-4-20(22-15-29-24(34-3)13-16(22)2)26(18-8-5-17(6-9-18)7-12-25(32)33)19-10-11-23-21(14-19)27(28)31-30-23/h5-15,27,30-31H,4H2,1-3H3,(H,32,33)/b12-7+,26-20+. The van der Waals surface area contributed by atoms with Gasteiger partial charge in [0, 0.05) is 23.9 Å². The predicted octanol–water partition coefficient (Wildman–Crippen LogP) is 5.76. The number of benzene rings is 2. The van der Waals surface area contributed by atoms with Crippen molar-refractivity contribution in [3.63, 3.8) is 0 Å². The molecule has 3 aromatic rings. The number of aryl methyl sites for hydroxylation is 1. The van der Waals surface area contributed by atoms with Crippen LogP contribution in [-0.4, -0.2) is 23.2 Å². The Morgan fingerprint density at radius 2 is 1.91 bits per heavy atom. The van der Waals surface area contributed by atoms with E-state index in [2.05, 4.69) is 22.8 Å². The smallest absolute Gasteiger partial charge is 0.328 e. The second kappa shape index (κ2) is 9.89. The van der Waals surface area contributed by atoms with Crippen LogP contribution < -0.4 is 15.6 Å². The number of nitrogens with zero attached hydrogens (tertiary/aromatic N) is 1. The molecule has 1 aliphatic rings. The number of allylic oxidation sites excluding steroid dienone is 1. The number of carboxylic acids is 1. The van der Waals surface area contributed by atoms with Gasteiger partial charge in [-0.3, -0.25) is 0 Å². The molecule has 174 valence electrons. The van der Waals surface area contributed by atoms with E-state index in [0.717, 1.165) is 51.5 Å². The molecule has 0 aliphatic carbocycles. The van der Waals surface area contributed by atoms with E-state index in [-0.39, 0.29) is 0 Å². The fourth-order valence-corrected chi connectivity index (χ4v) is 4.16. The lowest BCUT2D eigenvalue weighted by Crippen LogP contribution is -2.14. The van der Waals surface area contributed by atoms with Gasteiger partial charge < -0.3 is 15.3 Å². The summed E-state index contributed by atoms with van der Waals surface area (Å²) in [6.07, 6.45) is 3.89. The second-order valence-electron chi connectivity index (χ2n) is 7.98. The second-order valence-corrected chi connectivity index (χ2v) is 7.98. The van der Waals surface area contributed by atoms with E-state index in [1.54, 1.807) is 13.2 Å². The van der Waals surface area contributed by atoms with E-state index in [4.69, 9.17) is 9.84 Å². The van der Waals surface area contributed by atoms with Crippen LogP contribution in [0, 0.1) is 6.92 Å². The molecule has 34 heavy (non-hydrogen) atoms. The summed E-state index contributed by atoms with van der Waals surface area (Å²) in [5.74, 6) is -0.454. The fourth-order valence-electron chi connectivity index (χ4n) is 4.16. The molecular weight excluding hydrogens is 433 g/mol. The van der Waals surface area contributed by atoms with Crippen molar-refractivity contribution in [3.05, 3.63) is 94.2 Å². The van der Waals surface area contributed by atoms with Gasteiger partial charge >= 0.3 is 5.97 Å². The zero-order chi connectivity index (χ0) is 24.2. The van der Waals surface area contributed by atoms with Crippen molar-refractivity contribution in [1.82, 2.24) is 10.4 Å². The SMILES string of the molecule is CC/C(=C(/c1ccc(/C=C/C(=O)O)cc1)c1ccc2c(c1)C(F)NN2)c1cnc(OC)cc1C. The molecule has 1 aromatic heterocycles. The number of hydrogen-bond acceptors (Lipinski definition) is 5. The molecule has 0 bridgehead atoms. The van der Waals surface area contributed by atoms with Gasteiger partial charge in [0.2, 0.25) is 5.88 Å². The van der Waals surface area contributed by atoms with Gasteiger partial charge in [0.1, 0.15) is 0 Å². The van der Waals surface area contributed by atoms with Gasteiger partial charge in [0.25, 0.3) is 0 Å². The molecule has 0 saturated heterocycles. The first-order chi connectivity index (χ1) is 16.4. The van der Waals surface area contributed by atoms with Crippen molar-refractivity contribution in [3.8, 4) is 5.88 Å². The quantitative estimate of drug-likeness (QED) is 0.308. The van der Waals surface area contributed by atoms with E-state index in [1.165, 1.54) is 0 Å². The maximum absolute atomic E-state index is 14.4. The number of alkyl halides is 1. The average molecular weight is 460 g/mol. The lowest BCUT2D eigenvalue weighted by Gasteiger charge is -2.19. The van der Waals surface area contributed by atoms with Gasteiger partial charge in [-0.05, 0) is 70.5 Å². The van der Waals surface area contributed by atoms with Gasteiger partial charge in [0.15, 0.2) is 6.30 Å². The first kappa shape index (κ1) is 23.2. The summed E-state index contributed by atoms with van der Waals surface area (Å²) in [4.78, 5) is 15.3. The number of hydrogen-bond donors (Lipinski definition) is 3. The van der Waals surface area contributed by atoms with Crippen molar-refractivity contribution in [1.29, 1.82) is 0 Å². The van der Waals surface area contributed by atoms with Gasteiger partial charge in [-0.25, -0.2) is 19.6 Å². The molecule has 2 heterocycles. The summed E-state index contributed by atoms with van der Waals surface area (Å²) in [5, 5.41) is 8.91. The Hall–Kier alpha value is -3.97. The number of carboxylic acid groups (broad SMARTS) is 1. The minimum atomic E-state index is -1.30. The van der Waals surface area contributed by atoms with Crippen LogP contribution in [-0.2, 0) is 4.79 Å². The van der Waals surface area contributed by atoms with Crippen molar-refractivity contribution >= 4 is 28.9 Å². The molecule has 1 atom stereocenters. The lowest BCUT2D eigenvalue weighted by atomic mass is 9.86. The number of anilines is 1. The van der Waals surface area contributed by atoms with E-state index in [0.29, 0.717) is 17.1 Å². The van der Waals surface area contributed by atoms with Crippen molar-refractivity contribution in [2.75, 3.05) is 12.5 Å². The fraction of sp³-hybridized carbons (Fsp3) is 0.185. The number of carbonyl (C=O) groups is 1. The van der Waals surface area contributed by atoms with Crippen LogP contribution in [0.5, 0.6) is 5.88 Å². The summed E-state index contributed by atoms with van der Waals surface area (Å²) >= 11 is 0. The number of nitrogens with one attached hydrogen (secondary N) is 2. The Labute approximate surface area is 197 Å². The molecule has 0 spiro atoms.